The van der Waals surface area contributed by atoms with Crippen molar-refractivity contribution in [1.82, 2.24) is 4.90 Å². The minimum absolute atomic E-state index is 0.553. The normalized spacial score (nSPS) is 13.4. The molecule has 0 bridgehead atoms. The quantitative estimate of drug-likeness (QED) is 0.783. The second-order valence-electron chi connectivity index (χ2n) is 4.18. The van der Waals surface area contributed by atoms with Crippen molar-refractivity contribution in [3.63, 3.8) is 0 Å². The number of hydrogen-bond acceptors (Lipinski definition) is 3. The van der Waals surface area contributed by atoms with E-state index in [1.54, 1.807) is 6.26 Å². The first-order valence-electron chi connectivity index (χ1n) is 5.64. The van der Waals surface area contributed by atoms with Gasteiger partial charge in [0.2, 0.25) is 0 Å². The number of hydrogen-bond donors (Lipinski definition) is 1. The van der Waals surface area contributed by atoms with Crippen molar-refractivity contribution in [2.45, 2.75) is 45.8 Å². The summed E-state index contributed by atoms with van der Waals surface area (Å²) in [7, 11) is 2.13. The van der Waals surface area contributed by atoms with Crippen LogP contribution in [0.15, 0.2) is 16.7 Å². The van der Waals surface area contributed by atoms with Gasteiger partial charge in [-0.3, -0.25) is 4.90 Å². The van der Waals surface area contributed by atoms with Crippen molar-refractivity contribution in [1.29, 1.82) is 0 Å². The van der Waals surface area contributed by atoms with Crippen molar-refractivity contribution in [2.24, 2.45) is 5.73 Å². The summed E-state index contributed by atoms with van der Waals surface area (Å²) >= 11 is 0. The van der Waals surface area contributed by atoms with Crippen LogP contribution < -0.4 is 5.73 Å². The predicted octanol–water partition coefficient (Wildman–Crippen LogP) is 2.36. The van der Waals surface area contributed by atoms with Gasteiger partial charge in [0.15, 0.2) is 0 Å². The van der Waals surface area contributed by atoms with E-state index in [0.717, 1.165) is 17.9 Å². The fraction of sp³-hybridized carbons (Fsp3) is 0.667. The van der Waals surface area contributed by atoms with Gasteiger partial charge in [-0.15, -0.1) is 0 Å². The predicted molar refractivity (Wildman–Crippen MR) is 62.4 cm³/mol. The Hall–Kier alpha value is -0.800. The smallest absolute Gasteiger partial charge is 0.118 e. The lowest BCUT2D eigenvalue weighted by atomic mass is 10.1. The van der Waals surface area contributed by atoms with Gasteiger partial charge in [0.25, 0.3) is 0 Å². The average molecular weight is 210 g/mol. The third kappa shape index (κ3) is 3.68. The van der Waals surface area contributed by atoms with Crippen molar-refractivity contribution in [3.8, 4) is 0 Å². The van der Waals surface area contributed by atoms with Crippen LogP contribution in [0.2, 0.25) is 0 Å². The molecule has 0 aromatic carbocycles. The molecule has 1 aromatic rings. The van der Waals surface area contributed by atoms with Crippen molar-refractivity contribution < 1.29 is 4.42 Å². The second-order valence-corrected chi connectivity index (χ2v) is 4.18. The minimum Gasteiger partial charge on any atom is -0.468 e. The molecule has 0 amide bonds. The van der Waals surface area contributed by atoms with Gasteiger partial charge in [0, 0.05) is 18.2 Å². The molecule has 0 aliphatic carbocycles. The summed E-state index contributed by atoms with van der Waals surface area (Å²) in [6, 6.07) is 2.64. The Balaban J connectivity index is 2.46. The summed E-state index contributed by atoms with van der Waals surface area (Å²) in [4.78, 5) is 2.31. The number of rotatable bonds is 6. The zero-order valence-electron chi connectivity index (χ0n) is 9.99. The Morgan fingerprint density at radius 3 is 2.80 bits per heavy atom. The Morgan fingerprint density at radius 1 is 1.53 bits per heavy atom. The maximum absolute atomic E-state index is 5.53. The van der Waals surface area contributed by atoms with E-state index in [0.29, 0.717) is 12.6 Å². The highest BCUT2D eigenvalue weighted by Gasteiger charge is 2.10. The van der Waals surface area contributed by atoms with E-state index < -0.39 is 0 Å². The molecule has 0 spiro atoms. The highest BCUT2D eigenvalue weighted by atomic mass is 16.3. The maximum atomic E-state index is 5.53. The fourth-order valence-corrected chi connectivity index (χ4v) is 1.66. The van der Waals surface area contributed by atoms with Crippen LogP contribution >= 0.6 is 0 Å². The third-order valence-corrected chi connectivity index (χ3v) is 2.81. The highest BCUT2D eigenvalue weighted by molar-refractivity contribution is 5.12. The van der Waals surface area contributed by atoms with Gasteiger partial charge in [-0.1, -0.05) is 13.3 Å². The molecule has 2 N–H and O–H groups in total. The summed E-state index contributed by atoms with van der Waals surface area (Å²) in [5.41, 5.74) is 6.60. The number of nitrogens with two attached hydrogens (primary N) is 1. The topological polar surface area (TPSA) is 42.4 Å². The summed E-state index contributed by atoms with van der Waals surface area (Å²) < 4.78 is 5.43. The SMILES string of the molecule is CCCC(C)N(C)Cc1cc(CN)co1. The van der Waals surface area contributed by atoms with E-state index in [1.165, 1.54) is 12.8 Å². The molecule has 0 fully saturated rings. The molecular weight excluding hydrogens is 188 g/mol. The molecule has 0 radical (unpaired) electrons. The van der Waals surface area contributed by atoms with Crippen LogP contribution in [0.25, 0.3) is 0 Å². The largest absolute Gasteiger partial charge is 0.468 e. The third-order valence-electron chi connectivity index (χ3n) is 2.81. The highest BCUT2D eigenvalue weighted by Crippen LogP contribution is 2.12. The van der Waals surface area contributed by atoms with E-state index in [9.17, 15) is 0 Å². The zero-order valence-corrected chi connectivity index (χ0v) is 9.99. The van der Waals surface area contributed by atoms with Crippen LogP contribution in [0.3, 0.4) is 0 Å². The average Bonchev–Trinajstić information content (AvgIpc) is 2.66. The molecule has 0 aliphatic heterocycles. The molecule has 86 valence electrons. The Bertz CT molecular complexity index is 283. The zero-order chi connectivity index (χ0) is 11.3. The fourth-order valence-electron chi connectivity index (χ4n) is 1.66. The lowest BCUT2D eigenvalue weighted by Crippen LogP contribution is -2.28. The standard InChI is InChI=1S/C12H22N2O/c1-4-5-10(2)14(3)8-12-6-11(7-13)9-15-12/h6,9-10H,4-5,7-8,13H2,1-3H3. The van der Waals surface area contributed by atoms with Crippen molar-refractivity contribution >= 4 is 0 Å². The van der Waals surface area contributed by atoms with Gasteiger partial charge in [-0.25, -0.2) is 0 Å². The molecule has 1 atom stereocenters. The molecule has 1 rings (SSSR count). The summed E-state index contributed by atoms with van der Waals surface area (Å²) in [6.07, 6.45) is 4.19. The van der Waals surface area contributed by atoms with E-state index >= 15 is 0 Å². The van der Waals surface area contributed by atoms with E-state index in [1.807, 2.05) is 6.07 Å². The number of furan rings is 1. The van der Waals surface area contributed by atoms with Crippen LogP contribution in [0.1, 0.15) is 38.0 Å². The van der Waals surface area contributed by atoms with Gasteiger partial charge in [0.05, 0.1) is 12.8 Å². The Kier molecular flexibility index (Phi) is 4.85. The van der Waals surface area contributed by atoms with Gasteiger partial charge in [-0.2, -0.15) is 0 Å². The van der Waals surface area contributed by atoms with Crippen molar-refractivity contribution in [3.05, 3.63) is 23.7 Å². The molecule has 3 nitrogen and oxygen atoms in total. The van der Waals surface area contributed by atoms with E-state index in [4.69, 9.17) is 10.2 Å². The molecule has 1 aromatic heterocycles. The monoisotopic (exact) mass is 210 g/mol. The first kappa shape index (κ1) is 12.3. The van der Waals surface area contributed by atoms with Gasteiger partial charge < -0.3 is 10.2 Å². The summed E-state index contributed by atoms with van der Waals surface area (Å²) in [5.74, 6) is 1.00. The summed E-state index contributed by atoms with van der Waals surface area (Å²) in [6.45, 7) is 5.87. The van der Waals surface area contributed by atoms with Crippen LogP contribution in [-0.4, -0.2) is 18.0 Å². The van der Waals surface area contributed by atoms with Crippen LogP contribution in [0.5, 0.6) is 0 Å². The maximum Gasteiger partial charge on any atom is 0.118 e. The molecule has 1 heterocycles. The summed E-state index contributed by atoms with van der Waals surface area (Å²) in [5, 5.41) is 0. The second kappa shape index (κ2) is 5.93. The van der Waals surface area contributed by atoms with Crippen LogP contribution in [-0.2, 0) is 13.1 Å². The molecule has 0 saturated heterocycles. The lowest BCUT2D eigenvalue weighted by molar-refractivity contribution is 0.219. The number of nitrogens with zero attached hydrogens (tertiary/aromatic N) is 1. The van der Waals surface area contributed by atoms with Gasteiger partial charge >= 0.3 is 0 Å². The minimum atomic E-state index is 0.553. The molecule has 0 saturated carbocycles. The molecule has 15 heavy (non-hydrogen) atoms. The molecular formula is C12H22N2O. The van der Waals surface area contributed by atoms with Crippen LogP contribution in [0.4, 0.5) is 0 Å². The van der Waals surface area contributed by atoms with Crippen molar-refractivity contribution in [2.75, 3.05) is 7.05 Å². The Morgan fingerprint density at radius 2 is 2.27 bits per heavy atom. The van der Waals surface area contributed by atoms with Gasteiger partial charge in [-0.05, 0) is 26.5 Å². The van der Waals surface area contributed by atoms with Gasteiger partial charge in [0.1, 0.15) is 5.76 Å². The molecule has 3 heteroatoms. The molecule has 1 unspecified atom stereocenters. The lowest BCUT2D eigenvalue weighted by Gasteiger charge is -2.22. The molecule has 0 aliphatic rings. The first-order valence-corrected chi connectivity index (χ1v) is 5.64. The van der Waals surface area contributed by atoms with E-state index in [-0.39, 0.29) is 0 Å². The first-order chi connectivity index (χ1) is 7.17. The van der Waals surface area contributed by atoms with Crippen LogP contribution in [0, 0.1) is 0 Å². The van der Waals surface area contributed by atoms with E-state index in [2.05, 4.69) is 25.8 Å². The Labute approximate surface area is 92.2 Å².